The van der Waals surface area contributed by atoms with E-state index in [-0.39, 0.29) is 0 Å². The van der Waals surface area contributed by atoms with Crippen LogP contribution in [0.3, 0.4) is 0 Å². The largest absolute Gasteiger partial charge is 0.354 e. The van der Waals surface area contributed by atoms with Gasteiger partial charge < -0.3 is 4.90 Å². The van der Waals surface area contributed by atoms with Crippen LogP contribution in [-0.2, 0) is 0 Å². The van der Waals surface area contributed by atoms with Gasteiger partial charge in [-0.15, -0.1) is 0 Å². The maximum atomic E-state index is 4.63. The highest BCUT2D eigenvalue weighted by molar-refractivity contribution is 9.10. The number of hydrogen-bond acceptors (Lipinski definition) is 3. The molecule has 0 saturated carbocycles. The molecule has 17 heavy (non-hydrogen) atoms. The summed E-state index contributed by atoms with van der Waals surface area (Å²) in [7, 11) is 0. The van der Waals surface area contributed by atoms with Gasteiger partial charge in [-0.25, -0.2) is 4.98 Å². The Morgan fingerprint density at radius 3 is 2.53 bits per heavy atom. The van der Waals surface area contributed by atoms with E-state index in [1.54, 1.807) is 0 Å². The number of piperazine rings is 1. The van der Waals surface area contributed by atoms with Crippen molar-refractivity contribution in [3.05, 3.63) is 22.3 Å². The van der Waals surface area contributed by atoms with Crippen LogP contribution in [0, 0.1) is 6.92 Å². The molecule has 1 aromatic rings. The minimum atomic E-state index is 1.07. The fourth-order valence-electron chi connectivity index (χ4n) is 2.22. The molecule has 0 spiro atoms. The summed E-state index contributed by atoms with van der Waals surface area (Å²) in [6.45, 7) is 10.0. The maximum Gasteiger partial charge on any atom is 0.128 e. The average Bonchev–Trinajstić information content (AvgIpc) is 2.34. The highest BCUT2D eigenvalue weighted by atomic mass is 79.9. The van der Waals surface area contributed by atoms with Crippen LogP contribution in [0.1, 0.15) is 19.0 Å². The first kappa shape index (κ1) is 12.8. The summed E-state index contributed by atoms with van der Waals surface area (Å²) in [4.78, 5) is 9.54. The Kier molecular flexibility index (Phi) is 4.40. The second-order valence-electron chi connectivity index (χ2n) is 4.57. The predicted molar refractivity (Wildman–Crippen MR) is 75.6 cm³/mol. The number of halogens is 1. The second kappa shape index (κ2) is 5.83. The minimum Gasteiger partial charge on any atom is -0.354 e. The molecule has 0 atom stereocenters. The molecule has 0 aliphatic carbocycles. The van der Waals surface area contributed by atoms with Crippen molar-refractivity contribution in [3.63, 3.8) is 0 Å². The Morgan fingerprint density at radius 2 is 1.94 bits per heavy atom. The van der Waals surface area contributed by atoms with Gasteiger partial charge in [-0.2, -0.15) is 0 Å². The van der Waals surface area contributed by atoms with Crippen LogP contribution in [0.2, 0.25) is 0 Å². The van der Waals surface area contributed by atoms with Gasteiger partial charge >= 0.3 is 0 Å². The van der Waals surface area contributed by atoms with E-state index in [0.717, 1.165) is 42.2 Å². The number of nitrogens with zero attached hydrogens (tertiary/aromatic N) is 3. The summed E-state index contributed by atoms with van der Waals surface area (Å²) in [5, 5.41) is 0. The molecule has 1 aliphatic rings. The Bertz CT molecular complexity index is 373. The van der Waals surface area contributed by atoms with Crippen molar-refractivity contribution in [2.75, 3.05) is 37.6 Å². The molecule has 0 bridgehead atoms. The molecule has 4 heteroatoms. The van der Waals surface area contributed by atoms with Crippen LogP contribution in [0.5, 0.6) is 0 Å². The fraction of sp³-hybridized carbons (Fsp3) is 0.615. The van der Waals surface area contributed by atoms with Crippen molar-refractivity contribution in [2.45, 2.75) is 20.3 Å². The number of hydrogen-bond donors (Lipinski definition) is 0. The van der Waals surface area contributed by atoms with Gasteiger partial charge in [-0.05, 0) is 48.0 Å². The monoisotopic (exact) mass is 297 g/mol. The zero-order chi connectivity index (χ0) is 12.3. The zero-order valence-electron chi connectivity index (χ0n) is 10.6. The summed E-state index contributed by atoms with van der Waals surface area (Å²) in [6.07, 6.45) is 1.25. The molecule has 1 saturated heterocycles. The van der Waals surface area contributed by atoms with Gasteiger partial charge in [-0.1, -0.05) is 6.92 Å². The first-order valence-corrected chi connectivity index (χ1v) is 7.10. The molecule has 0 radical (unpaired) electrons. The molecule has 1 aliphatic heterocycles. The molecule has 3 nitrogen and oxygen atoms in total. The molecule has 1 aromatic heterocycles. The lowest BCUT2D eigenvalue weighted by molar-refractivity contribution is 0.258. The zero-order valence-corrected chi connectivity index (χ0v) is 12.2. The average molecular weight is 298 g/mol. The van der Waals surface area contributed by atoms with Gasteiger partial charge in [0.2, 0.25) is 0 Å². The summed E-state index contributed by atoms with van der Waals surface area (Å²) in [5.74, 6) is 1.11. The van der Waals surface area contributed by atoms with Crippen LogP contribution in [0.15, 0.2) is 16.6 Å². The van der Waals surface area contributed by atoms with Crippen LogP contribution in [0.25, 0.3) is 0 Å². The maximum absolute atomic E-state index is 4.63. The first-order valence-electron chi connectivity index (χ1n) is 6.31. The van der Waals surface area contributed by atoms with E-state index < -0.39 is 0 Å². The highest BCUT2D eigenvalue weighted by Gasteiger charge is 2.17. The lowest BCUT2D eigenvalue weighted by Gasteiger charge is -2.35. The first-order chi connectivity index (χ1) is 8.20. The SMILES string of the molecule is CCCN1CCN(c2ccc(Br)c(C)n2)CC1. The van der Waals surface area contributed by atoms with Crippen molar-refractivity contribution < 1.29 is 0 Å². The van der Waals surface area contributed by atoms with E-state index in [2.05, 4.69) is 49.8 Å². The van der Waals surface area contributed by atoms with E-state index in [4.69, 9.17) is 0 Å². The number of anilines is 1. The van der Waals surface area contributed by atoms with Crippen LogP contribution in [-0.4, -0.2) is 42.6 Å². The molecular formula is C13H20BrN3. The molecular weight excluding hydrogens is 278 g/mol. The topological polar surface area (TPSA) is 19.4 Å². The van der Waals surface area contributed by atoms with E-state index >= 15 is 0 Å². The molecule has 0 N–H and O–H groups in total. The predicted octanol–water partition coefficient (Wildman–Crippen LogP) is 2.68. The normalized spacial score (nSPS) is 17.5. The summed E-state index contributed by atoms with van der Waals surface area (Å²) in [6, 6.07) is 4.20. The number of aromatic nitrogens is 1. The number of rotatable bonds is 3. The third-order valence-corrected chi connectivity index (χ3v) is 4.08. The van der Waals surface area contributed by atoms with E-state index in [1.807, 2.05) is 6.92 Å². The number of pyridine rings is 1. The standard InChI is InChI=1S/C13H20BrN3/c1-3-6-16-7-9-17(10-8-16)13-5-4-12(14)11(2)15-13/h4-5H,3,6-10H2,1-2H3. The van der Waals surface area contributed by atoms with Crippen LogP contribution in [0.4, 0.5) is 5.82 Å². The van der Waals surface area contributed by atoms with Crippen molar-refractivity contribution >= 4 is 21.7 Å². The fourth-order valence-corrected chi connectivity index (χ4v) is 2.44. The van der Waals surface area contributed by atoms with Gasteiger partial charge in [0.15, 0.2) is 0 Å². The van der Waals surface area contributed by atoms with Crippen molar-refractivity contribution in [3.8, 4) is 0 Å². The van der Waals surface area contributed by atoms with E-state index in [9.17, 15) is 0 Å². The third-order valence-electron chi connectivity index (χ3n) is 3.24. The summed E-state index contributed by atoms with van der Waals surface area (Å²) in [5.41, 5.74) is 1.07. The van der Waals surface area contributed by atoms with Gasteiger partial charge in [0.1, 0.15) is 5.82 Å². The molecule has 94 valence electrons. The lowest BCUT2D eigenvalue weighted by Crippen LogP contribution is -2.46. The molecule has 0 unspecified atom stereocenters. The second-order valence-corrected chi connectivity index (χ2v) is 5.42. The van der Waals surface area contributed by atoms with Gasteiger partial charge in [0.25, 0.3) is 0 Å². The van der Waals surface area contributed by atoms with E-state index in [0.29, 0.717) is 0 Å². The smallest absolute Gasteiger partial charge is 0.128 e. The van der Waals surface area contributed by atoms with E-state index in [1.165, 1.54) is 13.0 Å². The Morgan fingerprint density at radius 1 is 1.24 bits per heavy atom. The third kappa shape index (κ3) is 3.19. The lowest BCUT2D eigenvalue weighted by atomic mass is 10.3. The van der Waals surface area contributed by atoms with Crippen LogP contribution < -0.4 is 4.90 Å². The summed E-state index contributed by atoms with van der Waals surface area (Å²) >= 11 is 3.49. The van der Waals surface area contributed by atoms with Crippen molar-refractivity contribution in [2.24, 2.45) is 0 Å². The van der Waals surface area contributed by atoms with Gasteiger partial charge in [-0.3, -0.25) is 4.90 Å². The van der Waals surface area contributed by atoms with Gasteiger partial charge in [0, 0.05) is 30.7 Å². The quantitative estimate of drug-likeness (QED) is 0.855. The Hall–Kier alpha value is -0.610. The van der Waals surface area contributed by atoms with Gasteiger partial charge in [0.05, 0.1) is 5.69 Å². The Balaban J connectivity index is 1.98. The molecule has 2 rings (SSSR count). The molecule has 0 aromatic carbocycles. The minimum absolute atomic E-state index is 1.07. The van der Waals surface area contributed by atoms with Crippen LogP contribution >= 0.6 is 15.9 Å². The Labute approximate surface area is 112 Å². The molecule has 0 amide bonds. The molecule has 2 heterocycles. The van der Waals surface area contributed by atoms with Crippen molar-refractivity contribution in [1.29, 1.82) is 0 Å². The summed E-state index contributed by atoms with van der Waals surface area (Å²) < 4.78 is 1.09. The molecule has 1 fully saturated rings. The van der Waals surface area contributed by atoms with Crippen molar-refractivity contribution in [1.82, 2.24) is 9.88 Å². The number of aryl methyl sites for hydroxylation is 1. The highest BCUT2D eigenvalue weighted by Crippen LogP contribution is 2.20.